The third kappa shape index (κ3) is 3.29. The predicted molar refractivity (Wildman–Crippen MR) is 90.9 cm³/mol. The molecule has 0 aliphatic heterocycles. The number of benzene rings is 1. The lowest BCUT2D eigenvalue weighted by atomic mass is 10.1. The van der Waals surface area contributed by atoms with Gasteiger partial charge in [-0.15, -0.1) is 0 Å². The molecule has 2 rings (SSSR count). The minimum atomic E-state index is -0.592. The molecule has 0 spiro atoms. The first-order valence-electron chi connectivity index (χ1n) is 7.48. The summed E-state index contributed by atoms with van der Waals surface area (Å²) in [4.78, 5) is 34.8. The van der Waals surface area contributed by atoms with Gasteiger partial charge in [0.15, 0.2) is 0 Å². The average Bonchev–Trinajstić information content (AvgIpc) is 2.57. The van der Waals surface area contributed by atoms with Gasteiger partial charge < -0.3 is 11.5 Å². The summed E-state index contributed by atoms with van der Waals surface area (Å²) in [5.41, 5.74) is 10.9. The van der Waals surface area contributed by atoms with Crippen LogP contribution in [0.25, 0.3) is 0 Å². The van der Waals surface area contributed by atoms with Crippen LogP contribution >= 0.6 is 0 Å². The Bertz CT molecular complexity index is 884. The van der Waals surface area contributed by atoms with E-state index in [1.807, 2.05) is 6.92 Å². The maximum Gasteiger partial charge on any atom is 0.332 e. The summed E-state index contributed by atoms with van der Waals surface area (Å²) in [5.74, 6) is -0.0808. The summed E-state index contributed by atoms with van der Waals surface area (Å²) in [6.45, 7) is 2.25. The van der Waals surface area contributed by atoms with Gasteiger partial charge in [-0.05, 0) is 18.4 Å². The monoisotopic (exact) mass is 333 g/mol. The number of nitrogen functional groups attached to an aromatic ring is 2. The van der Waals surface area contributed by atoms with Gasteiger partial charge in [-0.25, -0.2) is 4.79 Å². The van der Waals surface area contributed by atoms with Crippen molar-refractivity contribution < 1.29 is 4.92 Å². The van der Waals surface area contributed by atoms with Gasteiger partial charge in [0, 0.05) is 25.2 Å². The molecule has 0 fully saturated rings. The number of hydrogen-bond donors (Lipinski definition) is 2. The number of rotatable bonds is 6. The Morgan fingerprint density at radius 3 is 2.50 bits per heavy atom. The molecular formula is C15H19N5O4. The van der Waals surface area contributed by atoms with Crippen LogP contribution in [-0.2, 0) is 19.5 Å². The van der Waals surface area contributed by atoms with E-state index in [0.717, 1.165) is 4.57 Å². The minimum absolute atomic E-state index is 0.0247. The number of non-ortho nitro benzene ring substituents is 1. The van der Waals surface area contributed by atoms with Crippen molar-refractivity contribution in [3.8, 4) is 0 Å². The first-order valence-corrected chi connectivity index (χ1v) is 7.48. The normalized spacial score (nSPS) is 10.7. The van der Waals surface area contributed by atoms with Gasteiger partial charge in [-0.3, -0.25) is 24.0 Å². The quantitative estimate of drug-likeness (QED) is 0.590. The summed E-state index contributed by atoms with van der Waals surface area (Å²) < 4.78 is 2.28. The molecule has 128 valence electrons. The molecule has 9 nitrogen and oxygen atoms in total. The van der Waals surface area contributed by atoms with E-state index in [4.69, 9.17) is 11.5 Å². The maximum absolute atomic E-state index is 12.4. The van der Waals surface area contributed by atoms with E-state index in [2.05, 4.69) is 0 Å². The summed E-state index contributed by atoms with van der Waals surface area (Å²) in [6.07, 6.45) is 0.943. The number of nitro groups is 1. The molecule has 0 bridgehead atoms. The highest BCUT2D eigenvalue weighted by atomic mass is 16.6. The van der Waals surface area contributed by atoms with E-state index in [1.54, 1.807) is 12.1 Å². The third-order valence-electron chi connectivity index (χ3n) is 3.70. The van der Waals surface area contributed by atoms with Crippen molar-refractivity contribution in [3.63, 3.8) is 0 Å². The number of aryl methyl sites for hydroxylation is 1. The number of nitro benzene ring substituents is 1. The van der Waals surface area contributed by atoms with Gasteiger partial charge in [-0.1, -0.05) is 19.1 Å². The molecular weight excluding hydrogens is 314 g/mol. The molecule has 0 atom stereocenters. The fraction of sp³-hybridized carbons (Fsp3) is 0.333. The highest BCUT2D eigenvalue weighted by molar-refractivity contribution is 5.56. The first-order chi connectivity index (χ1) is 11.4. The lowest BCUT2D eigenvalue weighted by Gasteiger charge is -2.14. The SMILES string of the molecule is CCCn1c(=O)c(N)c(N)n(CCc2cccc([N+](=O)[O-])c2)c1=O. The number of nitrogens with zero attached hydrogens (tertiary/aromatic N) is 3. The van der Waals surface area contributed by atoms with Crippen molar-refractivity contribution in [2.75, 3.05) is 11.5 Å². The van der Waals surface area contributed by atoms with E-state index in [1.165, 1.54) is 16.7 Å². The zero-order valence-electron chi connectivity index (χ0n) is 13.3. The Morgan fingerprint density at radius 2 is 1.88 bits per heavy atom. The van der Waals surface area contributed by atoms with Crippen LogP contribution in [0.4, 0.5) is 17.2 Å². The lowest BCUT2D eigenvalue weighted by Crippen LogP contribution is -2.42. The molecule has 1 aromatic carbocycles. The first kappa shape index (κ1) is 17.3. The van der Waals surface area contributed by atoms with Crippen LogP contribution in [0.2, 0.25) is 0 Å². The molecule has 0 saturated heterocycles. The van der Waals surface area contributed by atoms with Gasteiger partial charge in [0.05, 0.1) is 4.92 Å². The molecule has 0 aliphatic rings. The highest BCUT2D eigenvalue weighted by Crippen LogP contribution is 2.15. The standard InChI is InChI=1S/C15H19N5O4/c1-2-7-19-14(21)12(16)13(17)18(15(19)22)8-6-10-4-3-5-11(9-10)20(23)24/h3-5,9H,2,6-8,16-17H2,1H3. The molecule has 0 saturated carbocycles. The van der Waals surface area contributed by atoms with Crippen LogP contribution in [0.1, 0.15) is 18.9 Å². The smallest absolute Gasteiger partial charge is 0.332 e. The number of hydrogen-bond acceptors (Lipinski definition) is 6. The van der Waals surface area contributed by atoms with Crippen LogP contribution in [0.5, 0.6) is 0 Å². The molecule has 2 aromatic rings. The zero-order chi connectivity index (χ0) is 17.9. The zero-order valence-corrected chi connectivity index (χ0v) is 13.3. The summed E-state index contributed by atoms with van der Waals surface area (Å²) >= 11 is 0. The Hall–Kier alpha value is -3.10. The van der Waals surface area contributed by atoms with Crippen molar-refractivity contribution in [3.05, 3.63) is 60.8 Å². The highest BCUT2D eigenvalue weighted by Gasteiger charge is 2.14. The predicted octanol–water partition coefficient (Wildman–Crippen LogP) is 0.735. The van der Waals surface area contributed by atoms with E-state index < -0.39 is 16.2 Å². The van der Waals surface area contributed by atoms with E-state index in [0.29, 0.717) is 18.4 Å². The van der Waals surface area contributed by atoms with Crippen LogP contribution in [0.15, 0.2) is 33.9 Å². The molecule has 1 heterocycles. The molecule has 0 radical (unpaired) electrons. The largest absolute Gasteiger partial charge is 0.391 e. The second-order valence-corrected chi connectivity index (χ2v) is 5.37. The van der Waals surface area contributed by atoms with Crippen LogP contribution in [0, 0.1) is 10.1 Å². The Labute approximate surface area is 137 Å². The third-order valence-corrected chi connectivity index (χ3v) is 3.70. The van der Waals surface area contributed by atoms with Crippen LogP contribution in [-0.4, -0.2) is 14.1 Å². The molecule has 0 amide bonds. The van der Waals surface area contributed by atoms with Gasteiger partial charge in [0.25, 0.3) is 11.2 Å². The van der Waals surface area contributed by atoms with Gasteiger partial charge >= 0.3 is 5.69 Å². The van der Waals surface area contributed by atoms with Crippen molar-refractivity contribution in [2.24, 2.45) is 0 Å². The molecule has 24 heavy (non-hydrogen) atoms. The van der Waals surface area contributed by atoms with Gasteiger partial charge in [0.2, 0.25) is 0 Å². The van der Waals surface area contributed by atoms with E-state index >= 15 is 0 Å². The number of aromatic nitrogens is 2. The minimum Gasteiger partial charge on any atom is -0.391 e. The fourth-order valence-electron chi connectivity index (χ4n) is 2.44. The van der Waals surface area contributed by atoms with Crippen molar-refractivity contribution in [1.82, 2.24) is 9.13 Å². The van der Waals surface area contributed by atoms with Crippen molar-refractivity contribution in [1.29, 1.82) is 0 Å². The van der Waals surface area contributed by atoms with Gasteiger partial charge in [0.1, 0.15) is 11.5 Å². The molecule has 0 aliphatic carbocycles. The Kier molecular flexibility index (Phi) is 5.02. The summed E-state index contributed by atoms with van der Waals surface area (Å²) in [5, 5.41) is 10.8. The maximum atomic E-state index is 12.4. The fourth-order valence-corrected chi connectivity index (χ4v) is 2.44. The Morgan fingerprint density at radius 1 is 1.17 bits per heavy atom. The molecule has 9 heteroatoms. The summed E-state index contributed by atoms with van der Waals surface area (Å²) in [7, 11) is 0. The topological polar surface area (TPSA) is 139 Å². The van der Waals surface area contributed by atoms with Crippen molar-refractivity contribution in [2.45, 2.75) is 32.9 Å². The van der Waals surface area contributed by atoms with Crippen LogP contribution < -0.4 is 22.7 Å². The second-order valence-electron chi connectivity index (χ2n) is 5.37. The average molecular weight is 333 g/mol. The molecule has 1 aromatic heterocycles. The van der Waals surface area contributed by atoms with E-state index in [-0.39, 0.29) is 30.3 Å². The van der Waals surface area contributed by atoms with Gasteiger partial charge in [-0.2, -0.15) is 0 Å². The Balaban J connectivity index is 2.37. The molecule has 4 N–H and O–H groups in total. The second kappa shape index (κ2) is 6.99. The number of anilines is 2. The van der Waals surface area contributed by atoms with Crippen molar-refractivity contribution >= 4 is 17.2 Å². The number of nitrogens with two attached hydrogens (primary N) is 2. The lowest BCUT2D eigenvalue weighted by molar-refractivity contribution is -0.384. The summed E-state index contributed by atoms with van der Waals surface area (Å²) in [6, 6.07) is 6.13. The molecule has 0 unspecified atom stereocenters. The van der Waals surface area contributed by atoms with Crippen LogP contribution in [0.3, 0.4) is 0 Å². The van der Waals surface area contributed by atoms with E-state index in [9.17, 15) is 19.7 Å².